The summed E-state index contributed by atoms with van der Waals surface area (Å²) in [6.07, 6.45) is 1.13. The van der Waals surface area contributed by atoms with Gasteiger partial charge in [-0.1, -0.05) is 0 Å². The van der Waals surface area contributed by atoms with E-state index in [1.165, 1.54) is 0 Å². The number of hydroxylamine groups is 1. The zero-order valence-electron chi connectivity index (χ0n) is 6.78. The van der Waals surface area contributed by atoms with Crippen LogP contribution in [0.2, 0.25) is 0 Å². The van der Waals surface area contributed by atoms with Crippen molar-refractivity contribution in [3.63, 3.8) is 0 Å². The Labute approximate surface area is 74.2 Å². The molecule has 0 amide bonds. The predicted octanol–water partition coefficient (Wildman–Crippen LogP) is -0.933. The lowest BCUT2D eigenvalue weighted by Crippen LogP contribution is -2.30. The summed E-state index contributed by atoms with van der Waals surface area (Å²) < 4.78 is 5.03. The summed E-state index contributed by atoms with van der Waals surface area (Å²) in [6.45, 7) is 0.599. The lowest BCUT2D eigenvalue weighted by molar-refractivity contribution is -0.116. The summed E-state index contributed by atoms with van der Waals surface area (Å²) in [5.41, 5.74) is 1.97. The first-order valence-electron chi connectivity index (χ1n) is 3.83. The molecule has 0 bridgehead atoms. The van der Waals surface area contributed by atoms with Gasteiger partial charge in [-0.05, 0) is 0 Å². The molecule has 2 heterocycles. The molecular formula is C7H9N3O3. The van der Waals surface area contributed by atoms with E-state index >= 15 is 0 Å². The van der Waals surface area contributed by atoms with Gasteiger partial charge in [0.05, 0.1) is 12.2 Å². The number of hydrogen-bond acceptors (Lipinski definition) is 5. The van der Waals surface area contributed by atoms with E-state index in [1.807, 2.05) is 0 Å². The van der Waals surface area contributed by atoms with Crippen LogP contribution in [0.15, 0.2) is 11.8 Å². The Bertz CT molecular complexity index is 275. The molecule has 0 radical (unpaired) electrons. The molecule has 6 heteroatoms. The maximum absolute atomic E-state index is 11.5. The molecule has 0 aromatic carbocycles. The predicted molar refractivity (Wildman–Crippen MR) is 42.2 cm³/mol. The van der Waals surface area contributed by atoms with E-state index in [-0.39, 0.29) is 30.0 Å². The minimum Gasteiger partial charge on any atom is -0.358 e. The molecule has 2 aliphatic rings. The molecule has 0 aromatic heterocycles. The van der Waals surface area contributed by atoms with Gasteiger partial charge in [-0.15, -0.1) is 0 Å². The van der Waals surface area contributed by atoms with Gasteiger partial charge in [0.25, 0.3) is 0 Å². The number of Topliss-reactive ketones (excluding diaryl/α,β-unsaturated/α-hetero) is 1. The second kappa shape index (κ2) is 2.82. The van der Waals surface area contributed by atoms with Crippen LogP contribution in [0.1, 0.15) is 0 Å². The van der Waals surface area contributed by atoms with Gasteiger partial charge in [-0.3, -0.25) is 20.9 Å². The number of fused-ring (bicyclic) bond motifs is 1. The first-order chi connectivity index (χ1) is 6.25. The average Bonchev–Trinajstić information content (AvgIpc) is 2.66. The average molecular weight is 183 g/mol. The Kier molecular flexibility index (Phi) is 1.78. The Morgan fingerprint density at radius 2 is 2.54 bits per heavy atom. The second-order valence-electron chi connectivity index (χ2n) is 2.89. The first-order valence-corrected chi connectivity index (χ1v) is 3.83. The van der Waals surface area contributed by atoms with Crippen molar-refractivity contribution < 1.29 is 14.7 Å². The number of ketones is 1. The fourth-order valence-electron chi connectivity index (χ4n) is 1.54. The molecule has 0 spiro atoms. The highest BCUT2D eigenvalue weighted by Gasteiger charge is 2.43. The van der Waals surface area contributed by atoms with Gasteiger partial charge in [0.2, 0.25) is 0 Å². The summed E-state index contributed by atoms with van der Waals surface area (Å²) in [5, 5.41) is 16.0. The Morgan fingerprint density at radius 1 is 1.77 bits per heavy atom. The van der Waals surface area contributed by atoms with E-state index in [1.54, 1.807) is 10.4 Å². The molecule has 13 heavy (non-hydrogen) atoms. The number of nitrogens with one attached hydrogen (secondary N) is 2. The van der Waals surface area contributed by atoms with Crippen molar-refractivity contribution in [1.29, 1.82) is 5.41 Å². The minimum atomic E-state index is -0.368. The van der Waals surface area contributed by atoms with Crippen molar-refractivity contribution in [2.45, 2.75) is 6.04 Å². The number of hydrogen-bond donors (Lipinski definition) is 3. The van der Waals surface area contributed by atoms with Crippen molar-refractivity contribution in [3.8, 4) is 0 Å². The number of carbonyl (C=O) groups is 1. The molecule has 1 unspecified atom stereocenters. The summed E-state index contributed by atoms with van der Waals surface area (Å²) >= 11 is 0. The van der Waals surface area contributed by atoms with Gasteiger partial charge in [0, 0.05) is 6.20 Å². The third-order valence-electron chi connectivity index (χ3n) is 2.20. The summed E-state index contributed by atoms with van der Waals surface area (Å²) in [4.78, 5) is 13.1. The Morgan fingerprint density at radius 3 is 3.15 bits per heavy atom. The summed E-state index contributed by atoms with van der Waals surface area (Å²) in [5.74, 6) is -0.0712. The van der Waals surface area contributed by atoms with E-state index < -0.39 is 0 Å². The maximum atomic E-state index is 11.5. The number of ether oxygens (including phenoxy) is 1. The number of amidine groups is 1. The van der Waals surface area contributed by atoms with Gasteiger partial charge in [0.15, 0.2) is 5.78 Å². The highest BCUT2D eigenvalue weighted by Crippen LogP contribution is 2.24. The molecular weight excluding hydrogens is 174 g/mol. The fraction of sp³-hybridized carbons (Fsp3) is 0.429. The van der Waals surface area contributed by atoms with Crippen LogP contribution >= 0.6 is 0 Å². The third kappa shape index (κ3) is 1.03. The lowest BCUT2D eigenvalue weighted by atomic mass is 10.1. The topological polar surface area (TPSA) is 85.7 Å². The van der Waals surface area contributed by atoms with E-state index in [4.69, 9.17) is 15.4 Å². The zero-order valence-corrected chi connectivity index (χ0v) is 6.78. The van der Waals surface area contributed by atoms with Crippen LogP contribution < -0.4 is 5.48 Å². The quantitative estimate of drug-likeness (QED) is 0.361. The first kappa shape index (κ1) is 8.21. The third-order valence-corrected chi connectivity index (χ3v) is 2.20. The summed E-state index contributed by atoms with van der Waals surface area (Å²) in [6, 6.07) is -0.368. The lowest BCUT2D eigenvalue weighted by Gasteiger charge is -2.11. The van der Waals surface area contributed by atoms with Crippen LogP contribution in [0.25, 0.3) is 0 Å². The van der Waals surface area contributed by atoms with Crippen LogP contribution in [-0.4, -0.2) is 41.1 Å². The van der Waals surface area contributed by atoms with E-state index in [0.717, 1.165) is 6.20 Å². The number of rotatable bonds is 1. The highest BCUT2D eigenvalue weighted by molar-refractivity contribution is 6.27. The van der Waals surface area contributed by atoms with Gasteiger partial charge >= 0.3 is 0 Å². The molecule has 2 saturated heterocycles. The van der Waals surface area contributed by atoms with Crippen LogP contribution in [0.5, 0.6) is 0 Å². The van der Waals surface area contributed by atoms with Crippen molar-refractivity contribution in [3.05, 3.63) is 11.8 Å². The van der Waals surface area contributed by atoms with Crippen molar-refractivity contribution in [2.24, 2.45) is 0 Å². The molecule has 0 aromatic rings. The number of carbonyl (C=O) groups excluding carboxylic acids is 1. The zero-order chi connectivity index (χ0) is 9.42. The van der Waals surface area contributed by atoms with Gasteiger partial charge < -0.3 is 9.64 Å². The molecule has 3 N–H and O–H groups in total. The van der Waals surface area contributed by atoms with E-state index in [0.29, 0.717) is 6.61 Å². The van der Waals surface area contributed by atoms with Crippen LogP contribution in [0.4, 0.5) is 0 Å². The van der Waals surface area contributed by atoms with Crippen LogP contribution in [0, 0.1) is 5.41 Å². The summed E-state index contributed by atoms with van der Waals surface area (Å²) in [7, 11) is 0. The molecule has 2 fully saturated rings. The standard InChI is InChI=1S/C7H9N3O3/c8-7-4(1-9-12)6(11)5-2-13-3-10(5)7/h1,5,8-9,12H,2-3H2/b4-1+,8-7?. The molecule has 2 rings (SSSR count). The van der Waals surface area contributed by atoms with Gasteiger partial charge in [-0.2, -0.15) is 0 Å². The fourth-order valence-corrected chi connectivity index (χ4v) is 1.54. The largest absolute Gasteiger partial charge is 0.358 e. The maximum Gasteiger partial charge on any atom is 0.192 e. The molecule has 6 nitrogen and oxygen atoms in total. The van der Waals surface area contributed by atoms with E-state index in [2.05, 4.69) is 0 Å². The van der Waals surface area contributed by atoms with Crippen molar-refractivity contribution in [2.75, 3.05) is 13.3 Å². The normalized spacial score (nSPS) is 30.1. The van der Waals surface area contributed by atoms with Crippen molar-refractivity contribution >= 4 is 11.6 Å². The van der Waals surface area contributed by atoms with Crippen LogP contribution in [-0.2, 0) is 9.53 Å². The monoisotopic (exact) mass is 183 g/mol. The molecule has 70 valence electrons. The SMILES string of the molecule is N=C1/C(=C/NO)C(=O)C2COCN12. The molecule has 2 aliphatic heterocycles. The minimum absolute atomic E-state index is 0.106. The molecule has 0 aliphatic carbocycles. The van der Waals surface area contributed by atoms with Crippen LogP contribution in [0.3, 0.4) is 0 Å². The smallest absolute Gasteiger partial charge is 0.192 e. The Hall–Kier alpha value is -1.40. The molecule has 0 saturated carbocycles. The molecule has 1 atom stereocenters. The second-order valence-corrected chi connectivity index (χ2v) is 2.89. The highest BCUT2D eigenvalue weighted by atomic mass is 16.5. The van der Waals surface area contributed by atoms with Gasteiger partial charge in [-0.25, -0.2) is 0 Å². The van der Waals surface area contributed by atoms with Gasteiger partial charge in [0.1, 0.15) is 18.6 Å². The Balaban J connectivity index is 2.31. The number of nitrogens with zero attached hydrogens (tertiary/aromatic N) is 1. The van der Waals surface area contributed by atoms with Crippen molar-refractivity contribution in [1.82, 2.24) is 10.4 Å². The van der Waals surface area contributed by atoms with E-state index in [9.17, 15) is 4.79 Å².